The maximum absolute atomic E-state index is 6.61. The Hall–Kier alpha value is -1.80. The third kappa shape index (κ3) is 2.24. The molecule has 0 saturated carbocycles. The van der Waals surface area contributed by atoms with Gasteiger partial charge in [0.2, 0.25) is 0 Å². The van der Waals surface area contributed by atoms with Gasteiger partial charge in [0.1, 0.15) is 5.75 Å². The summed E-state index contributed by atoms with van der Waals surface area (Å²) in [7, 11) is 1.67. The Morgan fingerprint density at radius 2 is 1.67 bits per heavy atom. The first-order valence-corrected chi connectivity index (χ1v) is 6.19. The van der Waals surface area contributed by atoms with Crippen molar-refractivity contribution in [2.24, 2.45) is 5.73 Å². The molecule has 0 fully saturated rings. The topological polar surface area (TPSA) is 35.2 Å². The van der Waals surface area contributed by atoms with Crippen molar-refractivity contribution in [2.75, 3.05) is 7.11 Å². The minimum Gasteiger partial charge on any atom is -0.497 e. The Kier molecular flexibility index (Phi) is 3.68. The van der Waals surface area contributed by atoms with Crippen LogP contribution in [0.1, 0.15) is 24.5 Å². The standard InChI is InChI=1S/C16H19NO/c1-3-16(17,13-8-5-4-6-9-13)14-10-7-11-15(12-14)18-2/h4-12H,3,17H2,1-2H3. The molecule has 0 radical (unpaired) electrons. The van der Waals surface area contributed by atoms with Crippen molar-refractivity contribution in [2.45, 2.75) is 18.9 Å². The SMILES string of the molecule is CCC(N)(c1ccccc1)c1cccc(OC)c1. The Morgan fingerprint density at radius 1 is 1.00 bits per heavy atom. The number of ether oxygens (including phenoxy) is 1. The van der Waals surface area contributed by atoms with Crippen molar-refractivity contribution in [1.29, 1.82) is 0 Å². The van der Waals surface area contributed by atoms with E-state index < -0.39 is 5.54 Å². The second kappa shape index (κ2) is 5.23. The summed E-state index contributed by atoms with van der Waals surface area (Å²) >= 11 is 0. The van der Waals surface area contributed by atoms with Gasteiger partial charge in [-0.25, -0.2) is 0 Å². The highest BCUT2D eigenvalue weighted by Crippen LogP contribution is 2.31. The fraction of sp³-hybridized carbons (Fsp3) is 0.250. The summed E-state index contributed by atoms with van der Waals surface area (Å²) in [5.74, 6) is 0.840. The van der Waals surface area contributed by atoms with E-state index in [9.17, 15) is 0 Å². The van der Waals surface area contributed by atoms with Crippen LogP contribution in [0.15, 0.2) is 54.6 Å². The van der Waals surface area contributed by atoms with Crippen LogP contribution in [-0.4, -0.2) is 7.11 Å². The van der Waals surface area contributed by atoms with Gasteiger partial charge in [-0.2, -0.15) is 0 Å². The lowest BCUT2D eigenvalue weighted by molar-refractivity contribution is 0.411. The van der Waals surface area contributed by atoms with Crippen molar-refractivity contribution in [3.8, 4) is 5.75 Å². The van der Waals surface area contributed by atoms with E-state index in [4.69, 9.17) is 10.5 Å². The van der Waals surface area contributed by atoms with Gasteiger partial charge in [-0.15, -0.1) is 0 Å². The van der Waals surface area contributed by atoms with E-state index in [1.807, 2.05) is 36.4 Å². The van der Waals surface area contributed by atoms with Gasteiger partial charge in [0.25, 0.3) is 0 Å². The molecule has 2 heteroatoms. The molecule has 2 aromatic rings. The van der Waals surface area contributed by atoms with Gasteiger partial charge in [-0.05, 0) is 29.7 Å². The zero-order chi connectivity index (χ0) is 13.0. The molecule has 94 valence electrons. The molecule has 2 N–H and O–H groups in total. The zero-order valence-electron chi connectivity index (χ0n) is 10.9. The fourth-order valence-electron chi connectivity index (χ4n) is 2.21. The molecule has 0 heterocycles. The van der Waals surface area contributed by atoms with Crippen molar-refractivity contribution < 1.29 is 4.74 Å². The van der Waals surface area contributed by atoms with Gasteiger partial charge in [0.15, 0.2) is 0 Å². The minimum atomic E-state index is -0.462. The average Bonchev–Trinajstić information content (AvgIpc) is 2.47. The number of hydrogen-bond acceptors (Lipinski definition) is 2. The minimum absolute atomic E-state index is 0.462. The van der Waals surface area contributed by atoms with Crippen LogP contribution >= 0.6 is 0 Å². The third-order valence-electron chi connectivity index (χ3n) is 3.43. The normalized spacial score (nSPS) is 13.9. The van der Waals surface area contributed by atoms with Gasteiger partial charge < -0.3 is 10.5 Å². The van der Waals surface area contributed by atoms with E-state index in [2.05, 4.69) is 25.1 Å². The summed E-state index contributed by atoms with van der Waals surface area (Å²) in [6.07, 6.45) is 0.837. The maximum atomic E-state index is 6.61. The first-order valence-electron chi connectivity index (χ1n) is 6.19. The van der Waals surface area contributed by atoms with Crippen molar-refractivity contribution in [3.05, 3.63) is 65.7 Å². The zero-order valence-corrected chi connectivity index (χ0v) is 10.9. The fourth-order valence-corrected chi connectivity index (χ4v) is 2.21. The molecule has 0 aliphatic carbocycles. The molecule has 0 saturated heterocycles. The van der Waals surface area contributed by atoms with Crippen LogP contribution in [0.2, 0.25) is 0 Å². The predicted molar refractivity (Wildman–Crippen MR) is 74.7 cm³/mol. The number of nitrogens with two attached hydrogens (primary N) is 1. The van der Waals surface area contributed by atoms with Crippen LogP contribution in [0.5, 0.6) is 5.75 Å². The van der Waals surface area contributed by atoms with Gasteiger partial charge in [0, 0.05) is 0 Å². The molecule has 0 aromatic heterocycles. The molecule has 0 bridgehead atoms. The Bertz CT molecular complexity index is 510. The van der Waals surface area contributed by atoms with E-state index in [0.29, 0.717) is 0 Å². The number of methoxy groups -OCH3 is 1. The van der Waals surface area contributed by atoms with Crippen molar-refractivity contribution in [3.63, 3.8) is 0 Å². The molecule has 2 aromatic carbocycles. The quantitative estimate of drug-likeness (QED) is 0.891. The van der Waals surface area contributed by atoms with Crippen LogP contribution in [0, 0.1) is 0 Å². The average molecular weight is 241 g/mol. The summed E-state index contributed by atoms with van der Waals surface area (Å²) in [4.78, 5) is 0. The summed E-state index contributed by atoms with van der Waals surface area (Å²) in [5.41, 5.74) is 8.35. The smallest absolute Gasteiger partial charge is 0.119 e. The summed E-state index contributed by atoms with van der Waals surface area (Å²) in [6, 6.07) is 18.2. The summed E-state index contributed by atoms with van der Waals surface area (Å²) in [5, 5.41) is 0. The Balaban J connectivity index is 2.49. The Labute approximate surface area is 108 Å². The number of hydrogen-bond donors (Lipinski definition) is 1. The molecule has 0 spiro atoms. The van der Waals surface area contributed by atoms with E-state index in [0.717, 1.165) is 23.3 Å². The highest BCUT2D eigenvalue weighted by Gasteiger charge is 2.27. The maximum Gasteiger partial charge on any atom is 0.119 e. The number of benzene rings is 2. The second-order valence-electron chi connectivity index (χ2n) is 4.42. The molecule has 1 unspecified atom stereocenters. The molecule has 2 nitrogen and oxygen atoms in total. The van der Waals surface area contributed by atoms with Gasteiger partial charge in [0.05, 0.1) is 12.6 Å². The molecule has 18 heavy (non-hydrogen) atoms. The summed E-state index contributed by atoms with van der Waals surface area (Å²) < 4.78 is 5.27. The van der Waals surface area contributed by atoms with Crippen LogP contribution in [0.3, 0.4) is 0 Å². The second-order valence-corrected chi connectivity index (χ2v) is 4.42. The molecule has 0 amide bonds. The molecular formula is C16H19NO. The summed E-state index contributed by atoms with van der Waals surface area (Å²) in [6.45, 7) is 2.10. The van der Waals surface area contributed by atoms with Crippen LogP contribution < -0.4 is 10.5 Å². The van der Waals surface area contributed by atoms with E-state index >= 15 is 0 Å². The molecule has 0 aliphatic rings. The molecule has 2 rings (SSSR count). The highest BCUT2D eigenvalue weighted by molar-refractivity contribution is 5.41. The van der Waals surface area contributed by atoms with Gasteiger partial charge in [-0.3, -0.25) is 0 Å². The number of rotatable bonds is 4. The first kappa shape index (κ1) is 12.7. The molecular weight excluding hydrogens is 222 g/mol. The predicted octanol–water partition coefficient (Wildman–Crippen LogP) is 3.31. The third-order valence-corrected chi connectivity index (χ3v) is 3.43. The van der Waals surface area contributed by atoms with Gasteiger partial charge in [-0.1, -0.05) is 49.4 Å². The van der Waals surface area contributed by atoms with E-state index in [1.165, 1.54) is 0 Å². The largest absolute Gasteiger partial charge is 0.497 e. The van der Waals surface area contributed by atoms with E-state index in [1.54, 1.807) is 7.11 Å². The van der Waals surface area contributed by atoms with Gasteiger partial charge >= 0.3 is 0 Å². The Morgan fingerprint density at radius 3 is 2.28 bits per heavy atom. The molecule has 0 aliphatic heterocycles. The van der Waals surface area contributed by atoms with Crippen LogP contribution in [-0.2, 0) is 5.54 Å². The van der Waals surface area contributed by atoms with Crippen molar-refractivity contribution >= 4 is 0 Å². The first-order chi connectivity index (χ1) is 8.70. The lowest BCUT2D eigenvalue weighted by Gasteiger charge is -2.29. The lowest BCUT2D eigenvalue weighted by Crippen LogP contribution is -2.37. The lowest BCUT2D eigenvalue weighted by atomic mass is 9.81. The van der Waals surface area contributed by atoms with Crippen LogP contribution in [0.25, 0.3) is 0 Å². The highest BCUT2D eigenvalue weighted by atomic mass is 16.5. The molecule has 1 atom stereocenters. The van der Waals surface area contributed by atoms with Crippen LogP contribution in [0.4, 0.5) is 0 Å². The monoisotopic (exact) mass is 241 g/mol. The van der Waals surface area contributed by atoms with E-state index in [-0.39, 0.29) is 0 Å². The van der Waals surface area contributed by atoms with Crippen molar-refractivity contribution in [1.82, 2.24) is 0 Å².